The second kappa shape index (κ2) is 6.95. The van der Waals surface area contributed by atoms with Gasteiger partial charge in [0, 0.05) is 12.5 Å². The molecule has 1 heterocycles. The molecule has 1 aliphatic carbocycles. The van der Waals surface area contributed by atoms with Gasteiger partial charge < -0.3 is 10.3 Å². The number of rotatable bonds is 7. The SMILES string of the molecule is C=CCn1c(SC(C(=O)NC(N)=O)C(C)C)nnc1C1CC1. The minimum Gasteiger partial charge on any atom is -0.351 e. The van der Waals surface area contributed by atoms with Crippen LogP contribution in [-0.4, -0.2) is 32.0 Å². The summed E-state index contributed by atoms with van der Waals surface area (Å²) in [5.41, 5.74) is 5.03. The van der Waals surface area contributed by atoms with E-state index in [2.05, 4.69) is 22.1 Å². The van der Waals surface area contributed by atoms with Gasteiger partial charge in [-0.3, -0.25) is 10.1 Å². The predicted octanol–water partition coefficient (Wildman–Crippen LogP) is 1.65. The van der Waals surface area contributed by atoms with Crippen molar-refractivity contribution < 1.29 is 9.59 Å². The Balaban J connectivity index is 2.20. The first-order valence-corrected chi connectivity index (χ1v) is 8.13. The zero-order valence-electron chi connectivity index (χ0n) is 12.8. The molecular weight excluding hydrogens is 302 g/mol. The second-order valence-corrected chi connectivity index (χ2v) is 6.76. The van der Waals surface area contributed by atoms with Crippen LogP contribution in [0.4, 0.5) is 4.79 Å². The van der Waals surface area contributed by atoms with Crippen LogP contribution in [0.15, 0.2) is 17.8 Å². The first kappa shape index (κ1) is 16.5. The van der Waals surface area contributed by atoms with E-state index in [1.54, 1.807) is 6.08 Å². The third-order valence-corrected chi connectivity index (χ3v) is 4.87. The van der Waals surface area contributed by atoms with Crippen LogP contribution in [-0.2, 0) is 11.3 Å². The van der Waals surface area contributed by atoms with Crippen molar-refractivity contribution in [2.24, 2.45) is 11.7 Å². The Kier molecular flexibility index (Phi) is 5.23. The molecular formula is C14H21N5O2S. The van der Waals surface area contributed by atoms with Crippen molar-refractivity contribution in [2.45, 2.75) is 49.6 Å². The molecule has 1 fully saturated rings. The van der Waals surface area contributed by atoms with Crippen molar-refractivity contribution in [3.8, 4) is 0 Å². The van der Waals surface area contributed by atoms with Gasteiger partial charge in [-0.05, 0) is 18.8 Å². The van der Waals surface area contributed by atoms with Crippen LogP contribution in [0.25, 0.3) is 0 Å². The van der Waals surface area contributed by atoms with Crippen molar-refractivity contribution in [3.05, 3.63) is 18.5 Å². The molecule has 1 aliphatic rings. The van der Waals surface area contributed by atoms with Crippen LogP contribution < -0.4 is 11.1 Å². The van der Waals surface area contributed by atoms with Gasteiger partial charge in [-0.25, -0.2) is 4.79 Å². The number of urea groups is 1. The third-order valence-electron chi connectivity index (χ3n) is 3.34. The standard InChI is InChI=1S/C14H21N5O2S/c1-4-7-19-11(9-5-6-9)17-18-14(19)22-10(8(2)3)12(20)16-13(15)21/h4,8-10H,1,5-7H2,2-3H3,(H3,15,16,20,21). The molecule has 0 radical (unpaired) electrons. The summed E-state index contributed by atoms with van der Waals surface area (Å²) in [6.07, 6.45) is 4.03. The molecule has 3 amide bonds. The number of aromatic nitrogens is 3. The molecule has 0 aliphatic heterocycles. The van der Waals surface area contributed by atoms with Crippen molar-refractivity contribution in [2.75, 3.05) is 0 Å². The number of nitrogens with zero attached hydrogens (tertiary/aromatic N) is 3. The number of hydrogen-bond donors (Lipinski definition) is 2. The monoisotopic (exact) mass is 323 g/mol. The molecule has 7 nitrogen and oxygen atoms in total. The summed E-state index contributed by atoms with van der Waals surface area (Å²) in [7, 11) is 0. The van der Waals surface area contributed by atoms with E-state index in [1.807, 2.05) is 18.4 Å². The summed E-state index contributed by atoms with van der Waals surface area (Å²) in [6.45, 7) is 8.18. The lowest BCUT2D eigenvalue weighted by atomic mass is 10.1. The van der Waals surface area contributed by atoms with Crippen LogP contribution in [0, 0.1) is 5.92 Å². The van der Waals surface area contributed by atoms with Gasteiger partial charge in [0.05, 0.1) is 5.25 Å². The van der Waals surface area contributed by atoms with E-state index in [-0.39, 0.29) is 5.92 Å². The molecule has 0 bridgehead atoms. The normalized spacial score (nSPS) is 15.6. The maximum absolute atomic E-state index is 12.1. The molecule has 8 heteroatoms. The van der Waals surface area contributed by atoms with E-state index in [9.17, 15) is 9.59 Å². The Bertz CT molecular complexity index is 580. The van der Waals surface area contributed by atoms with Gasteiger partial charge in [0.1, 0.15) is 5.82 Å². The predicted molar refractivity (Wildman–Crippen MR) is 84.4 cm³/mol. The number of nitrogens with one attached hydrogen (secondary N) is 1. The quantitative estimate of drug-likeness (QED) is 0.586. The number of nitrogens with two attached hydrogens (primary N) is 1. The van der Waals surface area contributed by atoms with Crippen molar-refractivity contribution >= 4 is 23.7 Å². The number of carbonyl (C=O) groups excluding carboxylic acids is 2. The topological polar surface area (TPSA) is 103 Å². The second-order valence-electron chi connectivity index (χ2n) is 5.65. The maximum Gasteiger partial charge on any atom is 0.318 e. The largest absolute Gasteiger partial charge is 0.351 e. The highest BCUT2D eigenvalue weighted by atomic mass is 32.2. The van der Waals surface area contributed by atoms with Gasteiger partial charge >= 0.3 is 6.03 Å². The zero-order chi connectivity index (χ0) is 16.3. The van der Waals surface area contributed by atoms with E-state index in [0.29, 0.717) is 17.6 Å². The Labute approximate surface area is 133 Å². The average Bonchev–Trinajstić information content (AvgIpc) is 3.19. The fourth-order valence-corrected chi connectivity index (χ4v) is 3.18. The Morgan fingerprint density at radius 1 is 1.50 bits per heavy atom. The molecule has 0 saturated heterocycles. The van der Waals surface area contributed by atoms with Crippen LogP contribution in [0.3, 0.4) is 0 Å². The molecule has 1 aromatic rings. The lowest BCUT2D eigenvalue weighted by molar-refractivity contribution is -0.120. The van der Waals surface area contributed by atoms with Crippen LogP contribution >= 0.6 is 11.8 Å². The van der Waals surface area contributed by atoms with E-state index in [0.717, 1.165) is 18.7 Å². The fourth-order valence-electron chi connectivity index (χ4n) is 2.13. The average molecular weight is 323 g/mol. The molecule has 0 spiro atoms. The maximum atomic E-state index is 12.1. The first-order valence-electron chi connectivity index (χ1n) is 7.25. The summed E-state index contributed by atoms with van der Waals surface area (Å²) in [4.78, 5) is 23.0. The lowest BCUT2D eigenvalue weighted by Crippen LogP contribution is -2.42. The zero-order valence-corrected chi connectivity index (χ0v) is 13.6. The molecule has 22 heavy (non-hydrogen) atoms. The number of primary amides is 1. The summed E-state index contributed by atoms with van der Waals surface area (Å²) < 4.78 is 1.99. The van der Waals surface area contributed by atoms with Gasteiger partial charge in [0.25, 0.3) is 0 Å². The minimum absolute atomic E-state index is 0.0163. The van der Waals surface area contributed by atoms with Gasteiger partial charge in [-0.1, -0.05) is 31.7 Å². The number of hydrogen-bond acceptors (Lipinski definition) is 5. The van der Waals surface area contributed by atoms with E-state index in [4.69, 9.17) is 5.73 Å². The van der Waals surface area contributed by atoms with Gasteiger partial charge in [-0.15, -0.1) is 16.8 Å². The Morgan fingerprint density at radius 3 is 2.68 bits per heavy atom. The lowest BCUT2D eigenvalue weighted by Gasteiger charge is -2.18. The van der Waals surface area contributed by atoms with E-state index < -0.39 is 17.2 Å². The summed E-state index contributed by atoms with van der Waals surface area (Å²) in [5.74, 6) is 1.01. The summed E-state index contributed by atoms with van der Waals surface area (Å²) >= 11 is 1.30. The van der Waals surface area contributed by atoms with Crippen molar-refractivity contribution in [1.29, 1.82) is 0 Å². The van der Waals surface area contributed by atoms with Crippen LogP contribution in [0.1, 0.15) is 38.4 Å². The van der Waals surface area contributed by atoms with Crippen molar-refractivity contribution in [3.63, 3.8) is 0 Å². The molecule has 3 N–H and O–H groups in total. The molecule has 1 saturated carbocycles. The molecule has 1 unspecified atom stereocenters. The van der Waals surface area contributed by atoms with Gasteiger partial charge in [0.2, 0.25) is 5.91 Å². The summed E-state index contributed by atoms with van der Waals surface area (Å²) in [6, 6.07) is -0.845. The highest BCUT2D eigenvalue weighted by Crippen LogP contribution is 2.40. The molecule has 1 aromatic heterocycles. The summed E-state index contributed by atoms with van der Waals surface area (Å²) in [5, 5.41) is 10.8. The molecule has 2 rings (SSSR count). The number of carbonyl (C=O) groups is 2. The van der Waals surface area contributed by atoms with Crippen LogP contribution in [0.5, 0.6) is 0 Å². The smallest absolute Gasteiger partial charge is 0.318 e. The fraction of sp³-hybridized carbons (Fsp3) is 0.571. The van der Waals surface area contributed by atoms with Crippen molar-refractivity contribution in [1.82, 2.24) is 20.1 Å². The first-order chi connectivity index (χ1) is 10.4. The molecule has 1 atom stereocenters. The third kappa shape index (κ3) is 3.88. The minimum atomic E-state index is -0.845. The van der Waals surface area contributed by atoms with E-state index >= 15 is 0 Å². The number of allylic oxidation sites excluding steroid dienone is 1. The van der Waals surface area contributed by atoms with Gasteiger partial charge in [0.15, 0.2) is 5.16 Å². The number of thioether (sulfide) groups is 1. The Hall–Kier alpha value is -1.83. The molecule has 120 valence electrons. The number of imide groups is 1. The van der Waals surface area contributed by atoms with E-state index in [1.165, 1.54) is 11.8 Å². The number of amides is 3. The highest BCUT2D eigenvalue weighted by Gasteiger charge is 2.32. The Morgan fingerprint density at radius 2 is 2.18 bits per heavy atom. The molecule has 0 aromatic carbocycles. The van der Waals surface area contributed by atoms with Crippen LogP contribution in [0.2, 0.25) is 0 Å². The highest BCUT2D eigenvalue weighted by molar-refractivity contribution is 8.00. The van der Waals surface area contributed by atoms with Gasteiger partial charge in [-0.2, -0.15) is 0 Å².